The third-order valence-electron chi connectivity index (χ3n) is 2.19. The second kappa shape index (κ2) is 6.74. The van der Waals surface area contributed by atoms with Gasteiger partial charge in [0, 0.05) is 6.42 Å². The molecular formula is C13H17FN2O2. The highest BCUT2D eigenvalue weighted by molar-refractivity contribution is 5.94. The molecule has 5 heteroatoms. The van der Waals surface area contributed by atoms with Gasteiger partial charge in [-0.15, -0.1) is 0 Å². The van der Waals surface area contributed by atoms with Crippen LogP contribution in [0.4, 0.5) is 10.1 Å². The number of carbonyl (C=O) groups excluding carboxylic acids is 2. The molecule has 0 aromatic heterocycles. The molecule has 0 aliphatic rings. The summed E-state index contributed by atoms with van der Waals surface area (Å²) < 4.78 is 13.2. The van der Waals surface area contributed by atoms with Gasteiger partial charge >= 0.3 is 0 Å². The molecule has 0 radical (unpaired) electrons. The minimum absolute atomic E-state index is 0.112. The Morgan fingerprint density at radius 3 is 2.50 bits per heavy atom. The first-order valence-corrected chi connectivity index (χ1v) is 5.80. The predicted octanol–water partition coefficient (Wildman–Crippen LogP) is 1.93. The number of hydrogen-bond donors (Lipinski definition) is 2. The number of carbonyl (C=O) groups is 2. The van der Waals surface area contributed by atoms with Crippen LogP contribution in [0.1, 0.15) is 20.3 Å². The van der Waals surface area contributed by atoms with E-state index in [-0.39, 0.29) is 24.1 Å². The summed E-state index contributed by atoms with van der Waals surface area (Å²) in [5, 5.41) is 4.87. The van der Waals surface area contributed by atoms with Gasteiger partial charge in [-0.1, -0.05) is 26.0 Å². The van der Waals surface area contributed by atoms with Crippen molar-refractivity contribution in [1.82, 2.24) is 5.32 Å². The lowest BCUT2D eigenvalue weighted by molar-refractivity contribution is -0.124. The monoisotopic (exact) mass is 252 g/mol. The summed E-state index contributed by atoms with van der Waals surface area (Å²) in [5.41, 5.74) is 0.112. The molecule has 0 unspecified atom stereocenters. The number of benzene rings is 1. The molecule has 0 heterocycles. The smallest absolute Gasteiger partial charge is 0.243 e. The fourth-order valence-corrected chi connectivity index (χ4v) is 1.38. The zero-order valence-corrected chi connectivity index (χ0v) is 10.5. The summed E-state index contributed by atoms with van der Waals surface area (Å²) in [4.78, 5) is 22.8. The molecule has 2 amide bonds. The average molecular weight is 252 g/mol. The van der Waals surface area contributed by atoms with Crippen LogP contribution in [0.25, 0.3) is 0 Å². The predicted molar refractivity (Wildman–Crippen MR) is 67.5 cm³/mol. The molecule has 0 atom stereocenters. The fraction of sp³-hybridized carbons (Fsp3) is 0.385. The molecule has 1 aromatic carbocycles. The first-order valence-electron chi connectivity index (χ1n) is 5.80. The Balaban J connectivity index is 2.39. The zero-order chi connectivity index (χ0) is 13.5. The van der Waals surface area contributed by atoms with E-state index in [1.54, 1.807) is 6.07 Å². The van der Waals surface area contributed by atoms with Crippen LogP contribution in [0.3, 0.4) is 0 Å². The Morgan fingerprint density at radius 1 is 1.22 bits per heavy atom. The SMILES string of the molecule is CC(C)CC(=O)NCC(=O)Nc1ccccc1F. The molecule has 4 nitrogen and oxygen atoms in total. The lowest BCUT2D eigenvalue weighted by atomic mass is 10.1. The average Bonchev–Trinajstić information content (AvgIpc) is 2.29. The Hall–Kier alpha value is -1.91. The summed E-state index contributed by atoms with van der Waals surface area (Å²) in [6, 6.07) is 5.88. The highest BCUT2D eigenvalue weighted by Crippen LogP contribution is 2.11. The first-order chi connectivity index (χ1) is 8.49. The lowest BCUT2D eigenvalue weighted by Gasteiger charge is -2.08. The Labute approximate surface area is 106 Å². The van der Waals surface area contributed by atoms with E-state index in [4.69, 9.17) is 0 Å². The van der Waals surface area contributed by atoms with Gasteiger partial charge in [-0.25, -0.2) is 4.39 Å². The molecular weight excluding hydrogens is 235 g/mol. The van der Waals surface area contributed by atoms with E-state index in [9.17, 15) is 14.0 Å². The van der Waals surface area contributed by atoms with Crippen molar-refractivity contribution in [3.63, 3.8) is 0 Å². The molecule has 0 bridgehead atoms. The van der Waals surface area contributed by atoms with Crippen LogP contribution in [-0.2, 0) is 9.59 Å². The van der Waals surface area contributed by atoms with Gasteiger partial charge in [0.1, 0.15) is 5.82 Å². The Kier molecular flexibility index (Phi) is 5.30. The zero-order valence-electron chi connectivity index (χ0n) is 10.5. The first kappa shape index (κ1) is 14.2. The Bertz CT molecular complexity index is 433. The van der Waals surface area contributed by atoms with Gasteiger partial charge in [-0.3, -0.25) is 9.59 Å². The normalized spacial score (nSPS) is 10.2. The molecule has 0 saturated heterocycles. The highest BCUT2D eigenvalue weighted by atomic mass is 19.1. The van der Waals surface area contributed by atoms with Crippen molar-refractivity contribution >= 4 is 17.5 Å². The summed E-state index contributed by atoms with van der Waals surface area (Å²) in [5.74, 6) is -0.898. The standard InChI is InChI=1S/C13H17FN2O2/c1-9(2)7-12(17)15-8-13(18)16-11-6-4-3-5-10(11)14/h3-6,9H,7-8H2,1-2H3,(H,15,17)(H,16,18). The van der Waals surface area contributed by atoms with E-state index >= 15 is 0 Å². The van der Waals surface area contributed by atoms with E-state index < -0.39 is 11.7 Å². The van der Waals surface area contributed by atoms with E-state index in [2.05, 4.69) is 10.6 Å². The Morgan fingerprint density at radius 2 is 1.89 bits per heavy atom. The number of amides is 2. The number of halogens is 1. The van der Waals surface area contributed by atoms with Crippen molar-refractivity contribution in [3.05, 3.63) is 30.1 Å². The largest absolute Gasteiger partial charge is 0.347 e. The van der Waals surface area contributed by atoms with Crippen LogP contribution in [-0.4, -0.2) is 18.4 Å². The van der Waals surface area contributed by atoms with Gasteiger partial charge in [-0.2, -0.15) is 0 Å². The van der Waals surface area contributed by atoms with Gasteiger partial charge in [0.25, 0.3) is 0 Å². The molecule has 1 aromatic rings. The molecule has 0 fully saturated rings. The summed E-state index contributed by atoms with van der Waals surface area (Å²) in [6.45, 7) is 3.68. The van der Waals surface area contributed by atoms with Gasteiger partial charge in [0.05, 0.1) is 12.2 Å². The summed E-state index contributed by atoms with van der Waals surface area (Å²) in [7, 11) is 0. The van der Waals surface area contributed by atoms with Crippen LogP contribution in [0.5, 0.6) is 0 Å². The molecule has 0 aliphatic heterocycles. The quantitative estimate of drug-likeness (QED) is 0.841. The number of anilines is 1. The molecule has 2 N–H and O–H groups in total. The molecule has 98 valence electrons. The minimum Gasteiger partial charge on any atom is -0.347 e. The minimum atomic E-state index is -0.501. The summed E-state index contributed by atoms with van der Waals surface area (Å²) >= 11 is 0. The van der Waals surface area contributed by atoms with Crippen LogP contribution in [0.2, 0.25) is 0 Å². The van der Waals surface area contributed by atoms with Gasteiger partial charge < -0.3 is 10.6 Å². The number of para-hydroxylation sites is 1. The third kappa shape index (κ3) is 4.95. The fourth-order valence-electron chi connectivity index (χ4n) is 1.38. The second-order valence-corrected chi connectivity index (χ2v) is 4.40. The molecule has 1 rings (SSSR count). The maximum absolute atomic E-state index is 13.2. The number of rotatable bonds is 5. The van der Waals surface area contributed by atoms with Crippen molar-refractivity contribution in [1.29, 1.82) is 0 Å². The molecule has 18 heavy (non-hydrogen) atoms. The third-order valence-corrected chi connectivity index (χ3v) is 2.19. The summed E-state index contributed by atoms with van der Waals surface area (Å²) in [6.07, 6.45) is 0.368. The van der Waals surface area contributed by atoms with Crippen molar-refractivity contribution in [2.24, 2.45) is 5.92 Å². The van der Waals surface area contributed by atoms with Crippen molar-refractivity contribution < 1.29 is 14.0 Å². The topological polar surface area (TPSA) is 58.2 Å². The molecule has 0 saturated carbocycles. The van der Waals surface area contributed by atoms with Crippen molar-refractivity contribution in [2.75, 3.05) is 11.9 Å². The van der Waals surface area contributed by atoms with Crippen LogP contribution < -0.4 is 10.6 Å². The molecule has 0 aliphatic carbocycles. The maximum atomic E-state index is 13.2. The van der Waals surface area contributed by atoms with Gasteiger partial charge in [0.2, 0.25) is 11.8 Å². The van der Waals surface area contributed by atoms with E-state index in [1.807, 2.05) is 13.8 Å². The second-order valence-electron chi connectivity index (χ2n) is 4.40. The maximum Gasteiger partial charge on any atom is 0.243 e. The van der Waals surface area contributed by atoms with Crippen molar-refractivity contribution in [3.8, 4) is 0 Å². The van der Waals surface area contributed by atoms with Crippen molar-refractivity contribution in [2.45, 2.75) is 20.3 Å². The van der Waals surface area contributed by atoms with Crippen LogP contribution in [0.15, 0.2) is 24.3 Å². The highest BCUT2D eigenvalue weighted by Gasteiger charge is 2.09. The van der Waals surface area contributed by atoms with Crippen LogP contribution >= 0.6 is 0 Å². The number of nitrogens with one attached hydrogen (secondary N) is 2. The lowest BCUT2D eigenvalue weighted by Crippen LogP contribution is -2.33. The van der Waals surface area contributed by atoms with E-state index in [0.29, 0.717) is 6.42 Å². The number of hydrogen-bond acceptors (Lipinski definition) is 2. The van der Waals surface area contributed by atoms with E-state index in [0.717, 1.165) is 0 Å². The van der Waals surface area contributed by atoms with Crippen LogP contribution in [0, 0.1) is 11.7 Å². The van der Waals surface area contributed by atoms with Gasteiger partial charge in [-0.05, 0) is 18.1 Å². The molecule has 0 spiro atoms. The van der Waals surface area contributed by atoms with E-state index in [1.165, 1.54) is 18.2 Å². The van der Waals surface area contributed by atoms with Gasteiger partial charge in [0.15, 0.2) is 0 Å².